The topological polar surface area (TPSA) is 65.8 Å². The van der Waals surface area contributed by atoms with Crippen molar-refractivity contribution >= 4 is 16.9 Å². The van der Waals surface area contributed by atoms with Crippen LogP contribution in [0.1, 0.15) is 36.6 Å². The lowest BCUT2D eigenvalue weighted by atomic mass is 10.1. The van der Waals surface area contributed by atoms with Gasteiger partial charge in [-0.2, -0.15) is 0 Å². The van der Waals surface area contributed by atoms with E-state index < -0.39 is 0 Å². The maximum Gasteiger partial charge on any atom is 0.223 e. The largest absolute Gasteiger partial charge is 0.497 e. The molecule has 4 aromatic rings. The van der Waals surface area contributed by atoms with Gasteiger partial charge in [0.2, 0.25) is 5.91 Å². The number of nitrogens with zero attached hydrogens (tertiary/aromatic N) is 3. The number of methoxy groups -OCH3 is 2. The summed E-state index contributed by atoms with van der Waals surface area (Å²) in [6, 6.07) is 23.8. The van der Waals surface area contributed by atoms with Crippen LogP contribution >= 0.6 is 0 Å². The standard InChI is InChI=1S/C30H33N3O4/c1-35-24-11-9-22(10-12-24)20-32-21-23(19-29(32)34)30-31-27-7-3-4-8-28(27)33(30)17-5-6-18-37-26-15-13-25(36-2)14-16-26/h3-4,7-16,23H,5-6,17-21H2,1-2H3. The van der Waals surface area contributed by atoms with E-state index in [0.29, 0.717) is 26.1 Å². The minimum Gasteiger partial charge on any atom is -0.497 e. The molecule has 1 amide bonds. The molecule has 5 rings (SSSR count). The van der Waals surface area contributed by atoms with Crippen molar-refractivity contribution in [1.29, 1.82) is 0 Å². The third-order valence-electron chi connectivity index (χ3n) is 6.90. The first-order chi connectivity index (χ1) is 18.1. The summed E-state index contributed by atoms with van der Waals surface area (Å²) in [6.07, 6.45) is 2.37. The van der Waals surface area contributed by atoms with Crippen LogP contribution in [0.5, 0.6) is 17.2 Å². The average molecular weight is 500 g/mol. The van der Waals surface area contributed by atoms with Crippen LogP contribution in [0.15, 0.2) is 72.8 Å². The van der Waals surface area contributed by atoms with Crippen molar-refractivity contribution in [3.8, 4) is 17.2 Å². The fraction of sp³-hybridized carbons (Fsp3) is 0.333. The molecule has 0 radical (unpaired) electrons. The molecule has 0 N–H and O–H groups in total. The minimum absolute atomic E-state index is 0.0775. The molecule has 0 bridgehead atoms. The quantitative estimate of drug-likeness (QED) is 0.258. The van der Waals surface area contributed by atoms with Crippen LogP contribution in [0.2, 0.25) is 0 Å². The van der Waals surface area contributed by atoms with Crippen molar-refractivity contribution in [1.82, 2.24) is 14.5 Å². The van der Waals surface area contributed by atoms with Crippen molar-refractivity contribution in [3.05, 3.63) is 84.2 Å². The summed E-state index contributed by atoms with van der Waals surface area (Å²) < 4.78 is 18.7. The SMILES string of the molecule is COc1ccc(CN2CC(c3nc4ccccc4n3CCCCOc3ccc(OC)cc3)CC2=O)cc1. The fourth-order valence-corrected chi connectivity index (χ4v) is 4.92. The van der Waals surface area contributed by atoms with Crippen molar-refractivity contribution in [2.24, 2.45) is 0 Å². The van der Waals surface area contributed by atoms with E-state index in [-0.39, 0.29) is 11.8 Å². The van der Waals surface area contributed by atoms with Crippen molar-refractivity contribution in [2.75, 3.05) is 27.4 Å². The predicted molar refractivity (Wildman–Crippen MR) is 143 cm³/mol. The Hall–Kier alpha value is -4.00. The zero-order valence-electron chi connectivity index (χ0n) is 21.4. The Morgan fingerprint density at radius 2 is 1.54 bits per heavy atom. The van der Waals surface area contributed by atoms with Crippen LogP contribution in [0.4, 0.5) is 0 Å². The Morgan fingerprint density at radius 3 is 2.27 bits per heavy atom. The fourth-order valence-electron chi connectivity index (χ4n) is 4.92. The van der Waals surface area contributed by atoms with Gasteiger partial charge in [0.25, 0.3) is 0 Å². The van der Waals surface area contributed by atoms with E-state index in [2.05, 4.69) is 10.6 Å². The van der Waals surface area contributed by atoms with E-state index in [9.17, 15) is 4.79 Å². The van der Waals surface area contributed by atoms with Gasteiger partial charge in [-0.3, -0.25) is 4.79 Å². The number of ether oxygens (including phenoxy) is 3. The van der Waals surface area contributed by atoms with Gasteiger partial charge in [-0.05, 0) is 66.9 Å². The lowest BCUT2D eigenvalue weighted by Crippen LogP contribution is -2.24. The highest BCUT2D eigenvalue weighted by Crippen LogP contribution is 2.32. The van der Waals surface area contributed by atoms with Gasteiger partial charge in [0, 0.05) is 32.0 Å². The summed E-state index contributed by atoms with van der Waals surface area (Å²) in [5.41, 5.74) is 3.20. The van der Waals surface area contributed by atoms with Gasteiger partial charge in [0.05, 0.1) is 31.9 Å². The maximum atomic E-state index is 12.9. The van der Waals surface area contributed by atoms with E-state index in [1.165, 1.54) is 0 Å². The molecule has 2 heterocycles. The number of amides is 1. The second kappa shape index (κ2) is 11.4. The predicted octanol–water partition coefficient (Wildman–Crippen LogP) is 5.43. The third-order valence-corrected chi connectivity index (χ3v) is 6.90. The van der Waals surface area contributed by atoms with E-state index in [1.807, 2.05) is 71.6 Å². The van der Waals surface area contributed by atoms with Gasteiger partial charge in [0.15, 0.2) is 0 Å². The molecule has 1 atom stereocenters. The van der Waals surface area contributed by atoms with Crippen LogP contribution in [0.25, 0.3) is 11.0 Å². The number of fused-ring (bicyclic) bond motifs is 1. The molecule has 1 aliphatic heterocycles. The number of aryl methyl sites for hydroxylation is 1. The molecular formula is C30H33N3O4. The smallest absolute Gasteiger partial charge is 0.223 e. The minimum atomic E-state index is 0.0775. The molecule has 0 aliphatic carbocycles. The molecule has 0 saturated carbocycles. The van der Waals surface area contributed by atoms with Crippen LogP contribution in [-0.2, 0) is 17.9 Å². The first kappa shape index (κ1) is 24.7. The van der Waals surface area contributed by atoms with Gasteiger partial charge in [-0.25, -0.2) is 4.98 Å². The molecule has 7 heteroatoms. The molecule has 1 unspecified atom stereocenters. The Labute approximate surface area is 217 Å². The highest BCUT2D eigenvalue weighted by Gasteiger charge is 2.33. The van der Waals surface area contributed by atoms with Crippen LogP contribution < -0.4 is 14.2 Å². The molecule has 0 spiro atoms. The summed E-state index contributed by atoms with van der Waals surface area (Å²) in [7, 11) is 3.31. The van der Waals surface area contributed by atoms with E-state index in [4.69, 9.17) is 19.2 Å². The summed E-state index contributed by atoms with van der Waals surface area (Å²) in [4.78, 5) is 19.8. The molecule has 1 fully saturated rings. The number of imidazole rings is 1. The van der Waals surface area contributed by atoms with E-state index in [1.54, 1.807) is 14.2 Å². The Morgan fingerprint density at radius 1 is 0.865 bits per heavy atom. The monoisotopic (exact) mass is 499 g/mol. The normalized spacial score (nSPS) is 15.4. The molecule has 37 heavy (non-hydrogen) atoms. The Bertz CT molecular complexity index is 1330. The average Bonchev–Trinajstić information content (AvgIpc) is 3.49. The molecule has 192 valence electrons. The molecule has 3 aromatic carbocycles. The van der Waals surface area contributed by atoms with Gasteiger partial charge in [0.1, 0.15) is 23.1 Å². The summed E-state index contributed by atoms with van der Waals surface area (Å²) >= 11 is 0. The number of rotatable bonds is 11. The highest BCUT2D eigenvalue weighted by atomic mass is 16.5. The zero-order valence-corrected chi connectivity index (χ0v) is 21.4. The number of carbonyl (C=O) groups is 1. The van der Waals surface area contributed by atoms with E-state index >= 15 is 0 Å². The summed E-state index contributed by atoms with van der Waals surface area (Å²) in [5.74, 6) is 3.73. The lowest BCUT2D eigenvalue weighted by molar-refractivity contribution is -0.128. The number of hydrogen-bond donors (Lipinski definition) is 0. The second-order valence-corrected chi connectivity index (χ2v) is 9.36. The molecule has 1 aromatic heterocycles. The van der Waals surface area contributed by atoms with Gasteiger partial charge in [-0.1, -0.05) is 24.3 Å². The number of likely N-dealkylation sites (tertiary alicyclic amines) is 1. The zero-order chi connectivity index (χ0) is 25.6. The number of benzene rings is 3. The number of aromatic nitrogens is 2. The maximum absolute atomic E-state index is 12.9. The molecule has 7 nitrogen and oxygen atoms in total. The van der Waals surface area contributed by atoms with Crippen molar-refractivity contribution < 1.29 is 19.0 Å². The number of unbranched alkanes of at least 4 members (excludes halogenated alkanes) is 1. The first-order valence-electron chi connectivity index (χ1n) is 12.8. The lowest BCUT2D eigenvalue weighted by Gasteiger charge is -2.18. The van der Waals surface area contributed by atoms with Gasteiger partial charge in [-0.15, -0.1) is 0 Å². The van der Waals surface area contributed by atoms with Crippen LogP contribution in [0.3, 0.4) is 0 Å². The van der Waals surface area contributed by atoms with Gasteiger partial charge >= 0.3 is 0 Å². The second-order valence-electron chi connectivity index (χ2n) is 9.36. The Balaban J connectivity index is 1.23. The molecular weight excluding hydrogens is 466 g/mol. The van der Waals surface area contributed by atoms with Crippen LogP contribution in [0, 0.1) is 0 Å². The number of carbonyl (C=O) groups excluding carboxylic acids is 1. The van der Waals surface area contributed by atoms with Crippen molar-refractivity contribution in [3.63, 3.8) is 0 Å². The third kappa shape index (κ3) is 5.71. The van der Waals surface area contributed by atoms with Gasteiger partial charge < -0.3 is 23.7 Å². The Kier molecular flexibility index (Phi) is 7.59. The van der Waals surface area contributed by atoms with Crippen LogP contribution in [-0.4, -0.2) is 47.7 Å². The molecule has 1 aliphatic rings. The van der Waals surface area contributed by atoms with E-state index in [0.717, 1.165) is 59.1 Å². The molecule has 1 saturated heterocycles. The summed E-state index contributed by atoms with van der Waals surface area (Å²) in [5, 5.41) is 0. The number of hydrogen-bond acceptors (Lipinski definition) is 5. The summed E-state index contributed by atoms with van der Waals surface area (Å²) in [6.45, 7) is 2.76. The highest BCUT2D eigenvalue weighted by molar-refractivity contribution is 5.81. The van der Waals surface area contributed by atoms with Crippen molar-refractivity contribution in [2.45, 2.75) is 38.3 Å². The first-order valence-corrected chi connectivity index (χ1v) is 12.8. The number of para-hydroxylation sites is 2.